The van der Waals surface area contributed by atoms with Gasteiger partial charge in [-0.2, -0.15) is 5.10 Å². The van der Waals surface area contributed by atoms with Gasteiger partial charge in [-0.15, -0.1) is 0 Å². The molecule has 124 valence electrons. The molecular weight excluding hydrogens is 302 g/mol. The molecule has 1 heterocycles. The third kappa shape index (κ3) is 3.15. The first-order chi connectivity index (χ1) is 10.9. The van der Waals surface area contributed by atoms with Crippen molar-refractivity contribution >= 4 is 17.3 Å². The number of ketones is 2. The molecule has 23 heavy (non-hydrogen) atoms. The van der Waals surface area contributed by atoms with Crippen LogP contribution >= 0.6 is 0 Å². The lowest BCUT2D eigenvalue weighted by molar-refractivity contribution is -0.123. The molecule has 0 saturated heterocycles. The third-order valence-electron chi connectivity index (χ3n) is 3.77. The van der Waals surface area contributed by atoms with E-state index in [1.807, 2.05) is 6.92 Å². The van der Waals surface area contributed by atoms with Gasteiger partial charge >= 0.3 is 5.69 Å². The molecule has 1 aliphatic carbocycles. The van der Waals surface area contributed by atoms with Gasteiger partial charge in [-0.3, -0.25) is 19.0 Å². The van der Waals surface area contributed by atoms with Crippen LogP contribution in [0.1, 0.15) is 44.7 Å². The Hall–Kier alpha value is -2.51. The molecule has 0 aliphatic heterocycles. The number of hydrogen-bond acceptors (Lipinski definition) is 6. The lowest BCUT2D eigenvalue weighted by atomic mass is 9.91. The second-order valence-electron chi connectivity index (χ2n) is 5.49. The van der Waals surface area contributed by atoms with Gasteiger partial charge in [0.15, 0.2) is 23.0 Å². The van der Waals surface area contributed by atoms with Gasteiger partial charge in [0.25, 0.3) is 5.56 Å². The highest BCUT2D eigenvalue weighted by Crippen LogP contribution is 2.22. The van der Waals surface area contributed by atoms with Crippen LogP contribution in [-0.4, -0.2) is 31.0 Å². The van der Waals surface area contributed by atoms with E-state index in [2.05, 4.69) is 5.10 Å². The van der Waals surface area contributed by atoms with Crippen LogP contribution in [-0.2, 0) is 23.2 Å². The fraction of sp³-hybridized carbons (Fsp3) is 0.533. The summed E-state index contributed by atoms with van der Waals surface area (Å²) in [6, 6.07) is 0. The second-order valence-corrected chi connectivity index (χ2v) is 5.49. The molecule has 0 unspecified atom stereocenters. The summed E-state index contributed by atoms with van der Waals surface area (Å²) in [4.78, 5) is 48.2. The van der Waals surface area contributed by atoms with E-state index in [-0.39, 0.29) is 25.0 Å². The number of carbonyl (C=O) groups is 2. The smallest absolute Gasteiger partial charge is 0.347 e. The van der Waals surface area contributed by atoms with Crippen LogP contribution in [0.5, 0.6) is 0 Å². The summed E-state index contributed by atoms with van der Waals surface area (Å²) in [5.41, 5.74) is -2.23. The number of allylic oxidation sites excluding steroid dienone is 1. The Bertz CT molecular complexity index is 782. The maximum Gasteiger partial charge on any atom is 0.347 e. The van der Waals surface area contributed by atoms with E-state index in [1.165, 1.54) is 7.05 Å². The largest absolute Gasteiger partial charge is 0.505 e. The zero-order valence-electron chi connectivity index (χ0n) is 13.2. The van der Waals surface area contributed by atoms with E-state index in [1.54, 1.807) is 0 Å². The Balaban J connectivity index is 2.66. The number of rotatable bonds is 4. The first kappa shape index (κ1) is 16.9. The number of aromatic nitrogens is 3. The molecule has 0 atom stereocenters. The summed E-state index contributed by atoms with van der Waals surface area (Å²) in [5, 5.41) is 14.0. The molecule has 1 N–H and O–H groups in total. The van der Waals surface area contributed by atoms with Gasteiger partial charge in [0.2, 0.25) is 0 Å². The fourth-order valence-corrected chi connectivity index (χ4v) is 2.48. The summed E-state index contributed by atoms with van der Waals surface area (Å²) >= 11 is 0. The van der Waals surface area contributed by atoms with Crippen molar-refractivity contribution in [2.45, 2.75) is 45.6 Å². The van der Waals surface area contributed by atoms with Gasteiger partial charge in [-0.25, -0.2) is 9.48 Å². The summed E-state index contributed by atoms with van der Waals surface area (Å²) in [6.07, 6.45) is 2.09. The zero-order chi connectivity index (χ0) is 17.1. The zero-order valence-corrected chi connectivity index (χ0v) is 13.2. The molecule has 0 bridgehead atoms. The molecule has 1 aromatic heterocycles. The van der Waals surface area contributed by atoms with Crippen LogP contribution in [0.15, 0.2) is 15.2 Å². The fourth-order valence-electron chi connectivity index (χ4n) is 2.48. The number of Topliss-reactive ketones (excluding diaryl/α,β-unsaturated/α-hetero) is 2. The number of unbranched alkanes of at least 4 members (excludes halogenated alkanes) is 1. The molecular formula is C15H19N3O5. The molecule has 1 aliphatic rings. The van der Waals surface area contributed by atoms with Crippen molar-refractivity contribution in [1.29, 1.82) is 0 Å². The van der Waals surface area contributed by atoms with Crippen LogP contribution in [0.3, 0.4) is 0 Å². The number of aryl methyl sites for hydroxylation is 1. The maximum atomic E-state index is 12.4. The number of aliphatic hydroxyl groups excluding tert-OH is 1. The van der Waals surface area contributed by atoms with E-state index in [0.717, 1.165) is 15.7 Å². The van der Waals surface area contributed by atoms with Crippen LogP contribution in [0.25, 0.3) is 5.76 Å². The minimum absolute atomic E-state index is 0.140. The van der Waals surface area contributed by atoms with Gasteiger partial charge in [-0.1, -0.05) is 13.3 Å². The number of carbonyl (C=O) groups excluding carboxylic acids is 2. The van der Waals surface area contributed by atoms with Gasteiger partial charge < -0.3 is 5.11 Å². The minimum Gasteiger partial charge on any atom is -0.505 e. The van der Waals surface area contributed by atoms with Crippen molar-refractivity contribution in [1.82, 2.24) is 14.3 Å². The Morgan fingerprint density at radius 2 is 1.78 bits per heavy atom. The number of hydrogen-bond donors (Lipinski definition) is 1. The molecule has 0 aromatic carbocycles. The number of aliphatic hydroxyl groups is 1. The Kier molecular flexibility index (Phi) is 4.92. The molecule has 8 nitrogen and oxygen atoms in total. The van der Waals surface area contributed by atoms with Crippen LogP contribution in [0, 0.1) is 0 Å². The summed E-state index contributed by atoms with van der Waals surface area (Å²) in [6.45, 7) is 2.10. The SMILES string of the molecule is CCCCn1c(=O)c(C(O)=C2C(=O)CCCC2=O)nn(C)c1=O. The van der Waals surface area contributed by atoms with Crippen molar-refractivity contribution in [2.24, 2.45) is 7.05 Å². The van der Waals surface area contributed by atoms with Crippen LogP contribution in [0.2, 0.25) is 0 Å². The predicted octanol–water partition coefficient (Wildman–Crippen LogP) is 0.333. The second kappa shape index (κ2) is 6.72. The topological polar surface area (TPSA) is 111 Å². The Morgan fingerprint density at radius 1 is 1.17 bits per heavy atom. The maximum absolute atomic E-state index is 12.4. The highest BCUT2D eigenvalue weighted by molar-refractivity contribution is 6.25. The summed E-state index contributed by atoms with van der Waals surface area (Å²) in [5.74, 6) is -1.74. The number of nitrogens with zero attached hydrogens (tertiary/aromatic N) is 3. The standard InChI is InChI=1S/C15H19N3O5/c1-3-4-8-18-14(22)12(16-17(2)15(18)23)13(21)11-9(19)6-5-7-10(11)20/h21H,3-8H2,1-2H3. The van der Waals surface area contributed by atoms with Crippen LogP contribution in [0.4, 0.5) is 0 Å². The van der Waals surface area contributed by atoms with Crippen LogP contribution < -0.4 is 11.2 Å². The van der Waals surface area contributed by atoms with Gasteiger partial charge in [0, 0.05) is 26.4 Å². The van der Waals surface area contributed by atoms with E-state index in [0.29, 0.717) is 12.8 Å². The van der Waals surface area contributed by atoms with Gasteiger partial charge in [0.05, 0.1) is 0 Å². The molecule has 1 aromatic rings. The van der Waals surface area contributed by atoms with Crippen molar-refractivity contribution in [3.05, 3.63) is 32.1 Å². The van der Waals surface area contributed by atoms with Gasteiger partial charge in [-0.05, 0) is 12.8 Å². The van der Waals surface area contributed by atoms with Crippen molar-refractivity contribution in [3.8, 4) is 0 Å². The molecule has 0 spiro atoms. The predicted molar refractivity (Wildman–Crippen MR) is 82.1 cm³/mol. The first-order valence-corrected chi connectivity index (χ1v) is 7.56. The molecule has 0 amide bonds. The molecule has 0 radical (unpaired) electrons. The van der Waals surface area contributed by atoms with E-state index < -0.39 is 34.3 Å². The van der Waals surface area contributed by atoms with E-state index in [9.17, 15) is 24.3 Å². The quantitative estimate of drug-likeness (QED) is 0.486. The first-order valence-electron chi connectivity index (χ1n) is 7.56. The normalized spacial score (nSPS) is 15.1. The Labute approximate surface area is 132 Å². The van der Waals surface area contributed by atoms with Crippen molar-refractivity contribution in [3.63, 3.8) is 0 Å². The molecule has 1 fully saturated rings. The highest BCUT2D eigenvalue weighted by Gasteiger charge is 2.30. The Morgan fingerprint density at radius 3 is 2.35 bits per heavy atom. The van der Waals surface area contributed by atoms with Crippen molar-refractivity contribution in [2.75, 3.05) is 0 Å². The molecule has 2 rings (SSSR count). The molecule has 8 heteroatoms. The van der Waals surface area contributed by atoms with E-state index >= 15 is 0 Å². The highest BCUT2D eigenvalue weighted by atomic mass is 16.3. The molecule has 1 saturated carbocycles. The van der Waals surface area contributed by atoms with Crippen molar-refractivity contribution < 1.29 is 14.7 Å². The monoisotopic (exact) mass is 321 g/mol. The lowest BCUT2D eigenvalue weighted by Gasteiger charge is -2.14. The van der Waals surface area contributed by atoms with E-state index in [4.69, 9.17) is 0 Å². The third-order valence-corrected chi connectivity index (χ3v) is 3.77. The average molecular weight is 321 g/mol. The summed E-state index contributed by atoms with van der Waals surface area (Å²) in [7, 11) is 1.34. The average Bonchev–Trinajstić information content (AvgIpc) is 2.50. The lowest BCUT2D eigenvalue weighted by Crippen LogP contribution is -2.42. The summed E-state index contributed by atoms with van der Waals surface area (Å²) < 4.78 is 1.88. The minimum atomic E-state index is -0.794. The van der Waals surface area contributed by atoms with Gasteiger partial charge in [0.1, 0.15) is 5.57 Å².